The van der Waals surface area contributed by atoms with E-state index in [1.54, 1.807) is 5.57 Å². The van der Waals surface area contributed by atoms with Gasteiger partial charge in [0.1, 0.15) is 0 Å². The van der Waals surface area contributed by atoms with E-state index < -0.39 is 0 Å². The molecule has 6 atom stereocenters. The van der Waals surface area contributed by atoms with Crippen molar-refractivity contribution in [3.63, 3.8) is 0 Å². The van der Waals surface area contributed by atoms with Crippen LogP contribution in [0.3, 0.4) is 0 Å². The first kappa shape index (κ1) is 21.8. The third kappa shape index (κ3) is 6.58. The molecule has 2 aliphatic carbocycles. The fourth-order valence-corrected chi connectivity index (χ4v) is 5.73. The predicted octanol–water partition coefficient (Wildman–Crippen LogP) is 8.44. The Bertz CT molecular complexity index is 468. The van der Waals surface area contributed by atoms with Crippen LogP contribution in [0.2, 0.25) is 0 Å². The molecule has 1 fully saturated rings. The van der Waals surface area contributed by atoms with Crippen molar-refractivity contribution in [1.82, 2.24) is 0 Å². The van der Waals surface area contributed by atoms with Crippen molar-refractivity contribution in [2.24, 2.45) is 41.4 Å². The van der Waals surface area contributed by atoms with Gasteiger partial charge in [0.15, 0.2) is 0 Å². The zero-order chi connectivity index (χ0) is 19.3. The summed E-state index contributed by atoms with van der Waals surface area (Å²) in [4.78, 5) is 0. The molecule has 0 nitrogen and oxygen atoms in total. The average molecular weight is 359 g/mol. The first-order valence-electron chi connectivity index (χ1n) is 11.7. The van der Waals surface area contributed by atoms with Crippen LogP contribution in [-0.2, 0) is 0 Å². The van der Waals surface area contributed by atoms with Crippen LogP contribution in [0.1, 0.15) is 99.3 Å². The highest BCUT2D eigenvalue weighted by molar-refractivity contribution is 5.13. The molecule has 0 bridgehead atoms. The summed E-state index contributed by atoms with van der Waals surface area (Å²) in [5.74, 6) is 6.16. The molecule has 0 N–H and O–H groups in total. The molecule has 0 heteroatoms. The van der Waals surface area contributed by atoms with Crippen LogP contribution in [0.4, 0.5) is 0 Å². The van der Waals surface area contributed by atoms with Gasteiger partial charge in [-0.2, -0.15) is 0 Å². The van der Waals surface area contributed by atoms with Gasteiger partial charge in [-0.1, -0.05) is 84.1 Å². The lowest BCUT2D eigenvalue weighted by Gasteiger charge is -2.34. The van der Waals surface area contributed by atoms with E-state index in [9.17, 15) is 0 Å². The monoisotopic (exact) mass is 358 g/mol. The maximum Gasteiger partial charge on any atom is -0.0222 e. The van der Waals surface area contributed by atoms with Crippen LogP contribution in [0.25, 0.3) is 0 Å². The van der Waals surface area contributed by atoms with Gasteiger partial charge in [0, 0.05) is 0 Å². The highest BCUT2D eigenvalue weighted by atomic mass is 14.5. The quantitative estimate of drug-likeness (QED) is 0.382. The fraction of sp³-hybridized carbons (Fsp3) is 0.846. The van der Waals surface area contributed by atoms with E-state index in [0.29, 0.717) is 5.92 Å². The van der Waals surface area contributed by atoms with Crippen molar-refractivity contribution < 1.29 is 0 Å². The van der Waals surface area contributed by atoms with Crippen LogP contribution in [0.15, 0.2) is 23.8 Å². The standard InChI is InChI=1S/C26H46/c1-8-9-10-22(7)24(12-11-18(2)3)26-16-21(6)14-19(4)13-20(5)15-23-17-25(23)26/h14,18-19,22-26H,5,8-13,15-17H2,1-4,6-7H3. The molecule has 0 amide bonds. The normalized spacial score (nSPS) is 32.0. The number of unbranched alkanes of at least 4 members (excludes halogenated alkanes) is 1. The van der Waals surface area contributed by atoms with Gasteiger partial charge in [-0.25, -0.2) is 0 Å². The minimum atomic E-state index is 0.671. The maximum absolute atomic E-state index is 4.42. The van der Waals surface area contributed by atoms with E-state index in [-0.39, 0.29) is 0 Å². The molecule has 0 aliphatic heterocycles. The Morgan fingerprint density at radius 3 is 2.46 bits per heavy atom. The van der Waals surface area contributed by atoms with Crippen molar-refractivity contribution in [2.45, 2.75) is 99.3 Å². The van der Waals surface area contributed by atoms with Crippen molar-refractivity contribution >= 4 is 0 Å². The summed E-state index contributed by atoms with van der Waals surface area (Å²) in [6.45, 7) is 18.9. The van der Waals surface area contributed by atoms with Gasteiger partial charge in [0.05, 0.1) is 0 Å². The minimum Gasteiger partial charge on any atom is -0.0998 e. The fourth-order valence-electron chi connectivity index (χ4n) is 5.73. The summed E-state index contributed by atoms with van der Waals surface area (Å²) in [6.07, 6.45) is 14.9. The smallest absolute Gasteiger partial charge is 0.0222 e. The summed E-state index contributed by atoms with van der Waals surface area (Å²) in [5, 5.41) is 0. The van der Waals surface area contributed by atoms with Crippen LogP contribution in [-0.4, -0.2) is 0 Å². The molecule has 0 aromatic carbocycles. The van der Waals surface area contributed by atoms with Gasteiger partial charge in [-0.3, -0.25) is 0 Å². The van der Waals surface area contributed by atoms with E-state index in [0.717, 1.165) is 35.5 Å². The molecule has 0 radical (unpaired) electrons. The Hall–Kier alpha value is -0.520. The summed E-state index contributed by atoms with van der Waals surface area (Å²) in [5.41, 5.74) is 3.16. The maximum atomic E-state index is 4.42. The Morgan fingerprint density at radius 1 is 1.08 bits per heavy atom. The molecule has 0 aromatic heterocycles. The lowest BCUT2D eigenvalue weighted by atomic mass is 9.71. The number of fused-ring (bicyclic) bond motifs is 1. The molecule has 2 rings (SSSR count). The summed E-state index contributed by atoms with van der Waals surface area (Å²) in [7, 11) is 0. The molecular formula is C26H46. The topological polar surface area (TPSA) is 0 Å². The number of allylic oxidation sites excluding steroid dienone is 3. The Labute approximate surface area is 164 Å². The second-order valence-electron chi connectivity index (χ2n) is 10.4. The minimum absolute atomic E-state index is 0.671. The third-order valence-electron chi connectivity index (χ3n) is 7.19. The van der Waals surface area contributed by atoms with Crippen LogP contribution in [0.5, 0.6) is 0 Å². The summed E-state index contributed by atoms with van der Waals surface area (Å²) in [6, 6.07) is 0. The highest BCUT2D eigenvalue weighted by Gasteiger charge is 2.46. The predicted molar refractivity (Wildman–Crippen MR) is 117 cm³/mol. The zero-order valence-corrected chi connectivity index (χ0v) is 18.7. The Morgan fingerprint density at radius 2 is 1.81 bits per heavy atom. The first-order valence-corrected chi connectivity index (χ1v) is 11.7. The Kier molecular flexibility index (Phi) is 8.49. The molecule has 0 aromatic rings. The number of hydrogen-bond acceptors (Lipinski definition) is 0. The van der Waals surface area contributed by atoms with Crippen LogP contribution >= 0.6 is 0 Å². The molecule has 1 saturated carbocycles. The average Bonchev–Trinajstić information content (AvgIpc) is 3.29. The summed E-state index contributed by atoms with van der Waals surface area (Å²) >= 11 is 0. The van der Waals surface area contributed by atoms with Crippen LogP contribution in [0, 0.1) is 41.4 Å². The van der Waals surface area contributed by atoms with E-state index >= 15 is 0 Å². The van der Waals surface area contributed by atoms with Gasteiger partial charge in [0.25, 0.3) is 0 Å². The SMILES string of the molecule is C=C1CC(C)C=C(C)CC(C(CCC(C)C)C(C)CCCC)C2CC2C1. The number of hydrogen-bond donors (Lipinski definition) is 0. The molecule has 2 aliphatic rings. The molecular weight excluding hydrogens is 312 g/mol. The van der Waals surface area contributed by atoms with Crippen molar-refractivity contribution in [3.05, 3.63) is 23.8 Å². The van der Waals surface area contributed by atoms with Crippen molar-refractivity contribution in [3.8, 4) is 0 Å². The first-order chi connectivity index (χ1) is 12.3. The largest absolute Gasteiger partial charge is 0.0998 e. The molecule has 26 heavy (non-hydrogen) atoms. The van der Waals surface area contributed by atoms with Gasteiger partial charge < -0.3 is 0 Å². The lowest BCUT2D eigenvalue weighted by molar-refractivity contribution is 0.172. The van der Waals surface area contributed by atoms with Gasteiger partial charge in [-0.15, -0.1) is 0 Å². The van der Waals surface area contributed by atoms with E-state index in [4.69, 9.17) is 0 Å². The van der Waals surface area contributed by atoms with Crippen molar-refractivity contribution in [1.29, 1.82) is 0 Å². The second kappa shape index (κ2) is 10.1. The number of rotatable bonds is 8. The molecule has 150 valence electrons. The second-order valence-corrected chi connectivity index (χ2v) is 10.4. The molecule has 0 spiro atoms. The van der Waals surface area contributed by atoms with Crippen molar-refractivity contribution in [2.75, 3.05) is 0 Å². The van der Waals surface area contributed by atoms with E-state index in [1.165, 1.54) is 63.4 Å². The van der Waals surface area contributed by atoms with Gasteiger partial charge >= 0.3 is 0 Å². The van der Waals surface area contributed by atoms with E-state index in [2.05, 4.69) is 54.2 Å². The van der Waals surface area contributed by atoms with E-state index in [1.807, 2.05) is 0 Å². The zero-order valence-electron chi connectivity index (χ0n) is 18.7. The molecule has 0 heterocycles. The van der Waals surface area contributed by atoms with Gasteiger partial charge in [-0.05, 0) is 80.5 Å². The molecule has 6 unspecified atom stereocenters. The summed E-state index contributed by atoms with van der Waals surface area (Å²) < 4.78 is 0. The highest BCUT2D eigenvalue weighted by Crippen LogP contribution is 2.55. The lowest BCUT2D eigenvalue weighted by Crippen LogP contribution is -2.26. The van der Waals surface area contributed by atoms with Crippen LogP contribution < -0.4 is 0 Å². The third-order valence-corrected chi connectivity index (χ3v) is 7.19. The van der Waals surface area contributed by atoms with Gasteiger partial charge in [0.2, 0.25) is 0 Å². The molecule has 0 saturated heterocycles. The Balaban J connectivity index is 2.19.